The molecule has 1 saturated heterocycles. The van der Waals surface area contributed by atoms with Crippen LogP contribution in [0.25, 0.3) is 0 Å². The first kappa shape index (κ1) is 4.78. The summed E-state index contributed by atoms with van der Waals surface area (Å²) >= 11 is 0. The maximum absolute atomic E-state index is 9.81. The van der Waals surface area contributed by atoms with Crippen molar-refractivity contribution in [3.8, 4) is 0 Å². The van der Waals surface area contributed by atoms with Gasteiger partial charge in [-0.3, -0.25) is 0 Å². The number of carbonyl (C=O) groups is 1. The summed E-state index contributed by atoms with van der Waals surface area (Å²) in [4.78, 5) is 9.81. The molecular formula is C5H8O2. The van der Waals surface area contributed by atoms with Crippen LogP contribution in [0.1, 0.15) is 13.3 Å². The molecule has 1 heterocycles. The van der Waals surface area contributed by atoms with Gasteiger partial charge in [0.2, 0.25) is 0 Å². The number of aldehydes is 1. The van der Waals surface area contributed by atoms with E-state index in [4.69, 9.17) is 4.74 Å². The Balaban J connectivity index is 2.17. The Morgan fingerprint density at radius 2 is 2.43 bits per heavy atom. The van der Waals surface area contributed by atoms with Crippen LogP contribution in [0, 0.1) is 0 Å². The minimum Gasteiger partial charge on any atom is -0.368 e. The van der Waals surface area contributed by atoms with E-state index in [0.717, 1.165) is 12.7 Å². The quantitative estimate of drug-likeness (QED) is 0.445. The van der Waals surface area contributed by atoms with Gasteiger partial charge >= 0.3 is 0 Å². The van der Waals surface area contributed by atoms with Crippen molar-refractivity contribution in [2.75, 3.05) is 0 Å². The predicted octanol–water partition coefficient (Wildman–Crippen LogP) is 0.363. The molecule has 40 valence electrons. The monoisotopic (exact) mass is 100 g/mol. The molecule has 1 aliphatic heterocycles. The largest absolute Gasteiger partial charge is 0.368 e. The summed E-state index contributed by atoms with van der Waals surface area (Å²) in [6, 6.07) is 0. The first-order valence-electron chi connectivity index (χ1n) is 2.43. The highest BCUT2D eigenvalue weighted by Crippen LogP contribution is 2.16. The zero-order valence-corrected chi connectivity index (χ0v) is 4.26. The van der Waals surface area contributed by atoms with Crippen molar-refractivity contribution in [3.05, 3.63) is 0 Å². The predicted molar refractivity (Wildman–Crippen MR) is 25.0 cm³/mol. The van der Waals surface area contributed by atoms with Crippen LogP contribution < -0.4 is 0 Å². The van der Waals surface area contributed by atoms with Crippen LogP contribution in [-0.2, 0) is 9.53 Å². The molecule has 0 aromatic heterocycles. The molecule has 0 aliphatic carbocycles. The highest BCUT2D eigenvalue weighted by Gasteiger charge is 2.24. The zero-order chi connectivity index (χ0) is 5.28. The van der Waals surface area contributed by atoms with Crippen molar-refractivity contribution >= 4 is 6.29 Å². The molecule has 0 bridgehead atoms. The summed E-state index contributed by atoms with van der Waals surface area (Å²) in [5.74, 6) is 0. The van der Waals surface area contributed by atoms with Crippen molar-refractivity contribution in [1.29, 1.82) is 0 Å². The van der Waals surface area contributed by atoms with Crippen LogP contribution in [0.5, 0.6) is 0 Å². The highest BCUT2D eigenvalue weighted by molar-refractivity contribution is 5.57. The summed E-state index contributed by atoms with van der Waals surface area (Å²) in [6.07, 6.45) is 1.98. The molecule has 7 heavy (non-hydrogen) atoms. The molecule has 2 unspecified atom stereocenters. The molecule has 0 saturated carbocycles. The third kappa shape index (κ3) is 0.800. The van der Waals surface area contributed by atoms with Gasteiger partial charge in [0.1, 0.15) is 12.4 Å². The topological polar surface area (TPSA) is 26.3 Å². The molecule has 2 atom stereocenters. The molecule has 0 radical (unpaired) electrons. The second-order valence-electron chi connectivity index (χ2n) is 1.86. The van der Waals surface area contributed by atoms with Crippen molar-refractivity contribution < 1.29 is 9.53 Å². The van der Waals surface area contributed by atoms with E-state index in [2.05, 4.69) is 0 Å². The lowest BCUT2D eigenvalue weighted by atomic mass is 10.1. The van der Waals surface area contributed by atoms with Crippen LogP contribution in [0.4, 0.5) is 0 Å². The maximum Gasteiger partial charge on any atom is 0.148 e. The lowest BCUT2D eigenvalue weighted by Gasteiger charge is -2.28. The Morgan fingerprint density at radius 1 is 1.86 bits per heavy atom. The van der Waals surface area contributed by atoms with Crippen LogP contribution in [0.3, 0.4) is 0 Å². The van der Waals surface area contributed by atoms with Gasteiger partial charge in [-0.05, 0) is 6.92 Å². The van der Waals surface area contributed by atoms with Gasteiger partial charge in [0.25, 0.3) is 0 Å². The van der Waals surface area contributed by atoms with E-state index in [-0.39, 0.29) is 6.10 Å². The molecule has 0 amide bonds. The number of carbonyl (C=O) groups excluding carboxylic acids is 1. The highest BCUT2D eigenvalue weighted by atomic mass is 16.5. The van der Waals surface area contributed by atoms with E-state index in [9.17, 15) is 4.79 Å². The Bertz CT molecular complexity index is 74.1. The minimum absolute atomic E-state index is 0.0880. The van der Waals surface area contributed by atoms with Gasteiger partial charge in [-0.15, -0.1) is 0 Å². The van der Waals surface area contributed by atoms with E-state index in [1.54, 1.807) is 0 Å². The van der Waals surface area contributed by atoms with Gasteiger partial charge in [0.05, 0.1) is 6.10 Å². The maximum atomic E-state index is 9.81. The van der Waals surface area contributed by atoms with Crippen LogP contribution in [-0.4, -0.2) is 18.5 Å². The molecule has 0 spiro atoms. The van der Waals surface area contributed by atoms with Gasteiger partial charge in [0.15, 0.2) is 0 Å². The second kappa shape index (κ2) is 1.62. The molecule has 2 nitrogen and oxygen atoms in total. The SMILES string of the molecule is CC1CC(C=O)O1. The Hall–Kier alpha value is -0.370. The molecule has 2 heteroatoms. The first-order chi connectivity index (χ1) is 3.33. The van der Waals surface area contributed by atoms with E-state index in [0.29, 0.717) is 6.10 Å². The van der Waals surface area contributed by atoms with Gasteiger partial charge < -0.3 is 9.53 Å². The van der Waals surface area contributed by atoms with Crippen molar-refractivity contribution in [2.45, 2.75) is 25.6 Å². The third-order valence-corrected chi connectivity index (χ3v) is 1.12. The first-order valence-corrected chi connectivity index (χ1v) is 2.43. The molecule has 1 rings (SSSR count). The summed E-state index contributed by atoms with van der Waals surface area (Å²) in [5, 5.41) is 0. The zero-order valence-electron chi connectivity index (χ0n) is 4.26. The van der Waals surface area contributed by atoms with Gasteiger partial charge in [-0.1, -0.05) is 0 Å². The Morgan fingerprint density at radius 3 is 2.57 bits per heavy atom. The van der Waals surface area contributed by atoms with Crippen LogP contribution >= 0.6 is 0 Å². The summed E-state index contributed by atoms with van der Waals surface area (Å²) in [5.41, 5.74) is 0. The summed E-state index contributed by atoms with van der Waals surface area (Å²) < 4.78 is 4.92. The lowest BCUT2D eigenvalue weighted by molar-refractivity contribution is -0.144. The van der Waals surface area contributed by atoms with E-state index in [1.165, 1.54) is 0 Å². The Kier molecular flexibility index (Phi) is 1.11. The number of rotatable bonds is 1. The number of ether oxygens (including phenoxy) is 1. The van der Waals surface area contributed by atoms with Crippen molar-refractivity contribution in [3.63, 3.8) is 0 Å². The molecule has 0 N–H and O–H groups in total. The fourth-order valence-corrected chi connectivity index (χ4v) is 0.702. The molecule has 1 fully saturated rings. The van der Waals surface area contributed by atoms with Crippen molar-refractivity contribution in [1.82, 2.24) is 0 Å². The van der Waals surface area contributed by atoms with E-state index < -0.39 is 0 Å². The second-order valence-corrected chi connectivity index (χ2v) is 1.86. The van der Waals surface area contributed by atoms with Gasteiger partial charge in [-0.25, -0.2) is 0 Å². The van der Waals surface area contributed by atoms with Crippen LogP contribution in [0.2, 0.25) is 0 Å². The summed E-state index contributed by atoms with van der Waals surface area (Å²) in [7, 11) is 0. The van der Waals surface area contributed by atoms with Gasteiger partial charge in [-0.2, -0.15) is 0 Å². The fraction of sp³-hybridized carbons (Fsp3) is 0.800. The molecule has 1 aliphatic rings. The number of hydrogen-bond acceptors (Lipinski definition) is 2. The Labute approximate surface area is 42.5 Å². The minimum atomic E-state index is -0.0880. The molecular weight excluding hydrogens is 92.1 g/mol. The summed E-state index contributed by atoms with van der Waals surface area (Å²) in [6.45, 7) is 1.96. The normalized spacial score (nSPS) is 39.6. The standard InChI is InChI=1S/C5H8O2/c1-4-2-5(3-6)7-4/h3-5H,2H2,1H3. The van der Waals surface area contributed by atoms with Crippen molar-refractivity contribution in [2.24, 2.45) is 0 Å². The van der Waals surface area contributed by atoms with E-state index in [1.807, 2.05) is 6.92 Å². The average molecular weight is 100 g/mol. The third-order valence-electron chi connectivity index (χ3n) is 1.12. The molecule has 0 aromatic carbocycles. The molecule has 0 aromatic rings. The average Bonchev–Trinajstić information content (AvgIpc) is 1.58. The smallest absolute Gasteiger partial charge is 0.148 e. The van der Waals surface area contributed by atoms with E-state index >= 15 is 0 Å². The van der Waals surface area contributed by atoms with Gasteiger partial charge in [0, 0.05) is 6.42 Å². The fourth-order valence-electron chi connectivity index (χ4n) is 0.702. The van der Waals surface area contributed by atoms with Crippen LogP contribution in [0.15, 0.2) is 0 Å². The lowest BCUT2D eigenvalue weighted by Crippen LogP contribution is -2.35. The number of hydrogen-bond donors (Lipinski definition) is 0.